The molecule has 1 aliphatic heterocycles. The van der Waals surface area contributed by atoms with Crippen LogP contribution in [0.2, 0.25) is 0 Å². The fraction of sp³-hybridized carbons (Fsp3) is 0.273. The number of carbonyl (C=O) groups is 1. The van der Waals surface area contributed by atoms with E-state index in [1.165, 1.54) is 0 Å². The van der Waals surface area contributed by atoms with E-state index in [0.717, 1.165) is 28.8 Å². The number of nitrogens with zero attached hydrogens (tertiary/aromatic N) is 2. The maximum atomic E-state index is 13.3. The summed E-state index contributed by atoms with van der Waals surface area (Å²) >= 11 is 0. The molecule has 0 spiro atoms. The summed E-state index contributed by atoms with van der Waals surface area (Å²) in [5.41, 5.74) is 4.14. The Kier molecular flexibility index (Phi) is 5.40. The van der Waals surface area contributed by atoms with Gasteiger partial charge in [0.2, 0.25) is 5.91 Å². The summed E-state index contributed by atoms with van der Waals surface area (Å²) < 4.78 is 28.6. The lowest BCUT2D eigenvalue weighted by molar-refractivity contribution is -0.123. The van der Waals surface area contributed by atoms with E-state index in [0.29, 0.717) is 0 Å². The predicted molar refractivity (Wildman–Crippen MR) is 106 cm³/mol. The highest BCUT2D eigenvalue weighted by Gasteiger charge is 2.42. The molecule has 1 saturated heterocycles. The quantitative estimate of drug-likeness (QED) is 0.673. The van der Waals surface area contributed by atoms with Crippen LogP contribution in [0, 0.1) is 0 Å². The Bertz CT molecular complexity index is 971. The number of hydrogen-bond acceptors (Lipinski definition) is 3. The molecule has 5 nitrogen and oxygen atoms in total. The first-order chi connectivity index (χ1) is 14.0. The second-order valence-electron chi connectivity index (χ2n) is 7.30. The van der Waals surface area contributed by atoms with Gasteiger partial charge in [-0.1, -0.05) is 48.5 Å². The summed E-state index contributed by atoms with van der Waals surface area (Å²) in [6, 6.07) is 15.2. The van der Waals surface area contributed by atoms with Crippen molar-refractivity contribution < 1.29 is 13.6 Å². The lowest BCUT2D eigenvalue weighted by Crippen LogP contribution is -2.40. The standard InChI is InChI=1S/C22H22F2N4O/c23-22(24)11-20(27-14-22)21(29)26-12-18-3-1-2-4-19(18)17-7-5-16(6-8-17)13-28-10-9-25-15-28/h1-10,15,20,27H,11-14H2,(H,26,29). The summed E-state index contributed by atoms with van der Waals surface area (Å²) in [7, 11) is 0. The van der Waals surface area contributed by atoms with E-state index in [1.807, 2.05) is 47.2 Å². The molecule has 1 amide bonds. The lowest BCUT2D eigenvalue weighted by atomic mass is 9.98. The van der Waals surface area contributed by atoms with E-state index in [-0.39, 0.29) is 6.54 Å². The van der Waals surface area contributed by atoms with Gasteiger partial charge in [0.15, 0.2) is 0 Å². The van der Waals surface area contributed by atoms with Crippen molar-refractivity contribution >= 4 is 5.91 Å². The molecule has 1 aliphatic rings. The van der Waals surface area contributed by atoms with Crippen molar-refractivity contribution in [1.82, 2.24) is 20.2 Å². The molecule has 3 aromatic rings. The first kappa shape index (κ1) is 19.3. The van der Waals surface area contributed by atoms with Crippen LogP contribution in [0.1, 0.15) is 17.5 Å². The molecular weight excluding hydrogens is 374 g/mol. The van der Waals surface area contributed by atoms with Crippen molar-refractivity contribution in [3.63, 3.8) is 0 Å². The molecule has 150 valence electrons. The Morgan fingerprint density at radius 3 is 2.69 bits per heavy atom. The number of amides is 1. The van der Waals surface area contributed by atoms with Crippen LogP contribution in [-0.4, -0.2) is 34.0 Å². The minimum Gasteiger partial charge on any atom is -0.351 e. The van der Waals surface area contributed by atoms with Gasteiger partial charge in [-0.25, -0.2) is 13.8 Å². The van der Waals surface area contributed by atoms with Gasteiger partial charge in [-0.05, 0) is 22.3 Å². The zero-order valence-corrected chi connectivity index (χ0v) is 15.8. The Hall–Kier alpha value is -3.06. The molecule has 2 heterocycles. The highest BCUT2D eigenvalue weighted by Crippen LogP contribution is 2.26. The zero-order valence-electron chi connectivity index (χ0n) is 15.8. The van der Waals surface area contributed by atoms with Crippen LogP contribution in [0.5, 0.6) is 0 Å². The largest absolute Gasteiger partial charge is 0.351 e. The van der Waals surface area contributed by atoms with Crippen molar-refractivity contribution in [3.05, 3.63) is 78.4 Å². The Balaban J connectivity index is 1.43. The van der Waals surface area contributed by atoms with Crippen molar-refractivity contribution in [2.75, 3.05) is 6.54 Å². The molecule has 1 atom stereocenters. The summed E-state index contributed by atoms with van der Waals surface area (Å²) in [4.78, 5) is 16.3. The molecule has 1 aromatic heterocycles. The number of carbonyl (C=O) groups excluding carboxylic acids is 1. The van der Waals surface area contributed by atoms with Crippen LogP contribution >= 0.6 is 0 Å². The average molecular weight is 396 g/mol. The number of imidazole rings is 1. The Morgan fingerprint density at radius 2 is 2.00 bits per heavy atom. The first-order valence-corrected chi connectivity index (χ1v) is 9.52. The van der Waals surface area contributed by atoms with Gasteiger partial charge >= 0.3 is 0 Å². The summed E-state index contributed by atoms with van der Waals surface area (Å²) in [6.45, 7) is 0.583. The molecule has 0 bridgehead atoms. The minimum atomic E-state index is -2.82. The van der Waals surface area contributed by atoms with Crippen LogP contribution in [0.15, 0.2) is 67.3 Å². The summed E-state index contributed by atoms with van der Waals surface area (Å²) in [6.07, 6.45) is 4.99. The number of benzene rings is 2. The molecule has 2 N–H and O–H groups in total. The minimum absolute atomic E-state index is 0.287. The molecule has 0 radical (unpaired) electrons. The number of aromatic nitrogens is 2. The number of halogens is 2. The predicted octanol–water partition coefficient (Wildman–Crippen LogP) is 3.21. The molecule has 0 aliphatic carbocycles. The van der Waals surface area contributed by atoms with Crippen LogP contribution in [0.3, 0.4) is 0 Å². The summed E-state index contributed by atoms with van der Waals surface area (Å²) in [5, 5.41) is 5.37. The van der Waals surface area contributed by atoms with E-state index in [2.05, 4.69) is 27.8 Å². The summed E-state index contributed by atoms with van der Waals surface area (Å²) in [5.74, 6) is -3.22. The third kappa shape index (κ3) is 4.68. The number of rotatable bonds is 6. The van der Waals surface area contributed by atoms with Crippen LogP contribution in [0.25, 0.3) is 11.1 Å². The highest BCUT2D eigenvalue weighted by molar-refractivity contribution is 5.82. The van der Waals surface area contributed by atoms with Gasteiger partial charge in [-0.15, -0.1) is 0 Å². The van der Waals surface area contributed by atoms with Gasteiger partial charge in [0, 0.05) is 31.9 Å². The smallest absolute Gasteiger partial charge is 0.262 e. The number of hydrogen-bond donors (Lipinski definition) is 2. The van der Waals surface area contributed by atoms with Gasteiger partial charge < -0.3 is 9.88 Å². The second kappa shape index (κ2) is 8.13. The van der Waals surface area contributed by atoms with Crippen LogP contribution in [0.4, 0.5) is 8.78 Å². The van der Waals surface area contributed by atoms with E-state index >= 15 is 0 Å². The first-order valence-electron chi connectivity index (χ1n) is 9.52. The number of nitrogens with one attached hydrogen (secondary N) is 2. The van der Waals surface area contributed by atoms with Gasteiger partial charge in [0.05, 0.1) is 18.9 Å². The fourth-order valence-electron chi connectivity index (χ4n) is 3.54. The third-order valence-electron chi connectivity index (χ3n) is 5.09. The molecule has 1 unspecified atom stereocenters. The van der Waals surface area contributed by atoms with E-state index in [4.69, 9.17) is 0 Å². The molecule has 2 aromatic carbocycles. The topological polar surface area (TPSA) is 59.0 Å². The van der Waals surface area contributed by atoms with Crippen molar-refractivity contribution in [3.8, 4) is 11.1 Å². The number of alkyl halides is 2. The van der Waals surface area contributed by atoms with Crippen molar-refractivity contribution in [2.45, 2.75) is 31.5 Å². The van der Waals surface area contributed by atoms with Crippen LogP contribution < -0.4 is 10.6 Å². The van der Waals surface area contributed by atoms with Gasteiger partial charge in [-0.2, -0.15) is 0 Å². The fourth-order valence-corrected chi connectivity index (χ4v) is 3.54. The van der Waals surface area contributed by atoms with Gasteiger partial charge in [-0.3, -0.25) is 10.1 Å². The van der Waals surface area contributed by atoms with Gasteiger partial charge in [0.25, 0.3) is 5.92 Å². The molecule has 1 fully saturated rings. The molecule has 4 rings (SSSR count). The average Bonchev–Trinajstić information content (AvgIpc) is 3.36. The zero-order chi connectivity index (χ0) is 20.3. The normalized spacial score (nSPS) is 17.9. The maximum Gasteiger partial charge on any atom is 0.262 e. The monoisotopic (exact) mass is 396 g/mol. The van der Waals surface area contributed by atoms with Gasteiger partial charge in [0.1, 0.15) is 0 Å². The Labute approximate surface area is 167 Å². The van der Waals surface area contributed by atoms with Crippen molar-refractivity contribution in [1.29, 1.82) is 0 Å². The SMILES string of the molecule is O=C(NCc1ccccc1-c1ccc(Cn2ccnc2)cc1)C1CC(F)(F)CN1. The van der Waals surface area contributed by atoms with E-state index in [1.54, 1.807) is 12.5 Å². The lowest BCUT2D eigenvalue weighted by Gasteiger charge is -2.14. The van der Waals surface area contributed by atoms with Crippen molar-refractivity contribution in [2.24, 2.45) is 0 Å². The molecule has 7 heteroatoms. The van der Waals surface area contributed by atoms with E-state index in [9.17, 15) is 13.6 Å². The maximum absolute atomic E-state index is 13.3. The second-order valence-corrected chi connectivity index (χ2v) is 7.30. The molecular formula is C22H22F2N4O. The third-order valence-corrected chi connectivity index (χ3v) is 5.09. The molecule has 29 heavy (non-hydrogen) atoms. The molecule has 0 saturated carbocycles. The Morgan fingerprint density at radius 1 is 1.21 bits per heavy atom. The highest BCUT2D eigenvalue weighted by atomic mass is 19.3. The van der Waals surface area contributed by atoms with E-state index < -0.39 is 30.8 Å². The van der Waals surface area contributed by atoms with Crippen LogP contribution in [-0.2, 0) is 17.9 Å².